The SMILES string of the molecule is CC.CC(C)/C=C\C=C/CC(F)(F)F.CN1CC(=O)N2C(=N1)C(N)=Nc1ccccc12. The number of allylic oxidation sites excluding steroid dienone is 4. The summed E-state index contributed by atoms with van der Waals surface area (Å²) in [5.41, 5.74) is 7.26. The monoisotopic (exact) mass is 437 g/mol. The van der Waals surface area contributed by atoms with Crippen LogP contribution in [0.4, 0.5) is 24.5 Å². The molecular weight excluding hydrogens is 407 g/mol. The number of hydrazone groups is 1. The molecule has 0 unspecified atom stereocenters. The first kappa shape index (κ1) is 25.9. The van der Waals surface area contributed by atoms with E-state index in [-0.39, 0.29) is 18.3 Å². The lowest BCUT2D eigenvalue weighted by Crippen LogP contribution is -2.53. The number of carbonyl (C=O) groups excluding carboxylic acids is 1. The van der Waals surface area contributed by atoms with Crippen LogP contribution < -0.4 is 10.6 Å². The highest BCUT2D eigenvalue weighted by Crippen LogP contribution is 2.33. The van der Waals surface area contributed by atoms with E-state index in [2.05, 4.69) is 10.1 Å². The van der Waals surface area contributed by atoms with Crippen molar-refractivity contribution < 1.29 is 18.0 Å². The summed E-state index contributed by atoms with van der Waals surface area (Å²) in [4.78, 5) is 17.8. The molecule has 2 N–H and O–H groups in total. The molecule has 0 spiro atoms. The van der Waals surface area contributed by atoms with Gasteiger partial charge in [-0.25, -0.2) is 4.99 Å². The number of hydrogen-bond donors (Lipinski definition) is 1. The summed E-state index contributed by atoms with van der Waals surface area (Å²) in [6, 6.07) is 7.38. The highest BCUT2D eigenvalue weighted by molar-refractivity contribution is 6.51. The molecule has 9 heteroatoms. The molecule has 0 bridgehead atoms. The number of nitrogens with zero attached hydrogens (tertiary/aromatic N) is 4. The molecule has 1 aromatic rings. The average molecular weight is 438 g/mol. The van der Waals surface area contributed by atoms with Gasteiger partial charge in [-0.15, -0.1) is 0 Å². The zero-order valence-corrected chi connectivity index (χ0v) is 18.5. The van der Waals surface area contributed by atoms with Gasteiger partial charge in [-0.3, -0.25) is 14.7 Å². The van der Waals surface area contributed by atoms with Crippen LogP contribution in [0, 0.1) is 5.92 Å². The van der Waals surface area contributed by atoms with Crippen molar-refractivity contribution in [3.63, 3.8) is 0 Å². The van der Waals surface area contributed by atoms with Gasteiger partial charge in [0.25, 0.3) is 5.91 Å². The molecule has 0 radical (unpaired) electrons. The summed E-state index contributed by atoms with van der Waals surface area (Å²) < 4.78 is 34.7. The summed E-state index contributed by atoms with van der Waals surface area (Å²) >= 11 is 0. The van der Waals surface area contributed by atoms with E-state index in [0.29, 0.717) is 17.4 Å². The predicted octanol–water partition coefficient (Wildman–Crippen LogP) is 5.01. The lowest BCUT2D eigenvalue weighted by Gasteiger charge is -2.33. The number of likely N-dealkylation sites (N-methyl/N-ethyl adjacent to an activating group) is 1. The Morgan fingerprint density at radius 1 is 1.19 bits per heavy atom. The number of rotatable bonds is 3. The second kappa shape index (κ2) is 11.9. The third-order valence-corrected chi connectivity index (χ3v) is 3.78. The van der Waals surface area contributed by atoms with Crippen molar-refractivity contribution >= 4 is 29.0 Å². The number of amidine groups is 2. The molecular formula is C22H30F3N5O. The normalized spacial score (nSPS) is 15.6. The van der Waals surface area contributed by atoms with Crippen LogP contribution >= 0.6 is 0 Å². The van der Waals surface area contributed by atoms with E-state index < -0.39 is 12.6 Å². The van der Waals surface area contributed by atoms with Crippen LogP contribution in [-0.2, 0) is 4.79 Å². The summed E-state index contributed by atoms with van der Waals surface area (Å²) in [5.74, 6) is 0.995. The first-order valence-electron chi connectivity index (χ1n) is 10.0. The minimum absolute atomic E-state index is 0.0530. The molecule has 1 amide bonds. The molecule has 0 aliphatic carbocycles. The molecule has 1 aromatic carbocycles. The van der Waals surface area contributed by atoms with Gasteiger partial charge in [0, 0.05) is 7.05 Å². The summed E-state index contributed by atoms with van der Waals surface area (Å²) in [6.45, 7) is 8.17. The number of fused-ring (bicyclic) bond motifs is 3. The fourth-order valence-corrected chi connectivity index (χ4v) is 2.53. The van der Waals surface area contributed by atoms with Crippen LogP contribution in [0.15, 0.2) is 58.7 Å². The first-order chi connectivity index (χ1) is 14.6. The van der Waals surface area contributed by atoms with E-state index >= 15 is 0 Å². The zero-order chi connectivity index (χ0) is 23.6. The second-order valence-corrected chi connectivity index (χ2v) is 6.83. The van der Waals surface area contributed by atoms with Gasteiger partial charge >= 0.3 is 6.18 Å². The number of halogens is 3. The Labute approximate surface area is 181 Å². The van der Waals surface area contributed by atoms with Crippen LogP contribution in [0.2, 0.25) is 0 Å². The lowest BCUT2D eigenvalue weighted by molar-refractivity contribution is -0.125. The van der Waals surface area contributed by atoms with Crippen molar-refractivity contribution in [1.29, 1.82) is 0 Å². The Morgan fingerprint density at radius 3 is 2.45 bits per heavy atom. The Balaban J connectivity index is 0.000000305. The molecule has 0 atom stereocenters. The number of nitrogens with two attached hydrogens (primary N) is 1. The van der Waals surface area contributed by atoms with Crippen LogP contribution in [0.25, 0.3) is 0 Å². The fourth-order valence-electron chi connectivity index (χ4n) is 2.53. The average Bonchev–Trinajstić information content (AvgIpc) is 2.69. The molecule has 2 aliphatic heterocycles. The summed E-state index contributed by atoms with van der Waals surface area (Å²) in [6.07, 6.45) is 1.08. The molecule has 6 nitrogen and oxygen atoms in total. The molecule has 3 rings (SSSR count). The topological polar surface area (TPSA) is 74.3 Å². The largest absolute Gasteiger partial charge is 0.392 e. The third-order valence-electron chi connectivity index (χ3n) is 3.78. The number of anilines is 1. The first-order valence-corrected chi connectivity index (χ1v) is 10.0. The lowest BCUT2D eigenvalue weighted by atomic mass is 10.2. The van der Waals surface area contributed by atoms with Crippen molar-refractivity contribution in [2.24, 2.45) is 21.7 Å². The van der Waals surface area contributed by atoms with Gasteiger partial charge in [0.15, 0.2) is 5.84 Å². The fraction of sp³-hybridized carbons (Fsp3) is 0.409. The highest BCUT2D eigenvalue weighted by Gasteiger charge is 2.33. The van der Waals surface area contributed by atoms with Crippen molar-refractivity contribution in [2.75, 3.05) is 18.5 Å². The number of aliphatic imine (C=N–C) groups is 1. The highest BCUT2D eigenvalue weighted by atomic mass is 19.4. The smallest absolute Gasteiger partial charge is 0.381 e. The van der Waals surface area contributed by atoms with E-state index in [1.165, 1.54) is 11.0 Å². The van der Waals surface area contributed by atoms with E-state index in [1.54, 1.807) is 18.1 Å². The minimum atomic E-state index is -4.08. The molecule has 2 aliphatic rings. The molecule has 170 valence electrons. The van der Waals surface area contributed by atoms with Crippen molar-refractivity contribution in [2.45, 2.75) is 40.3 Å². The van der Waals surface area contributed by atoms with E-state index in [1.807, 2.05) is 58.0 Å². The Kier molecular flexibility index (Phi) is 9.98. The number of para-hydroxylation sites is 2. The van der Waals surface area contributed by atoms with Crippen LogP contribution in [0.5, 0.6) is 0 Å². The number of hydrogen-bond acceptors (Lipinski definition) is 5. The minimum Gasteiger partial charge on any atom is -0.381 e. The summed E-state index contributed by atoms with van der Waals surface area (Å²) in [7, 11) is 1.73. The standard InChI is InChI=1S/C11H11N5O.C9H13F3.C2H6/c1-15-6-9(17)16-8-5-3-2-4-7(8)13-10(12)11(16)14-15;1-8(2)6-4-3-5-7-9(10,11)12;1-2/h2-5H,6H2,1H3,(H2,12,13);3-6,8H,7H2,1-2H3;1-2H3/b;5-3-,6-4-;. The van der Waals surface area contributed by atoms with Crippen molar-refractivity contribution in [3.05, 3.63) is 48.6 Å². The number of benzene rings is 1. The molecule has 2 heterocycles. The number of amides is 1. The maximum atomic E-state index is 12.0. The van der Waals surface area contributed by atoms with Gasteiger partial charge in [0.2, 0.25) is 5.84 Å². The molecule has 0 saturated heterocycles. The molecule has 0 aromatic heterocycles. The van der Waals surface area contributed by atoms with E-state index in [0.717, 1.165) is 11.8 Å². The van der Waals surface area contributed by atoms with E-state index in [4.69, 9.17) is 5.73 Å². The van der Waals surface area contributed by atoms with Gasteiger partial charge in [-0.05, 0) is 18.1 Å². The Bertz CT molecular complexity index is 857. The quantitative estimate of drug-likeness (QED) is 0.675. The van der Waals surface area contributed by atoms with Gasteiger partial charge in [-0.1, -0.05) is 64.1 Å². The van der Waals surface area contributed by atoms with Gasteiger partial charge < -0.3 is 5.73 Å². The maximum Gasteiger partial charge on any atom is 0.392 e. The Morgan fingerprint density at radius 2 is 1.84 bits per heavy atom. The molecule has 0 saturated carbocycles. The predicted molar refractivity (Wildman–Crippen MR) is 120 cm³/mol. The number of alkyl halides is 3. The van der Waals surface area contributed by atoms with Crippen molar-refractivity contribution in [1.82, 2.24) is 5.01 Å². The molecule has 31 heavy (non-hydrogen) atoms. The summed E-state index contributed by atoms with van der Waals surface area (Å²) in [5, 5.41) is 5.79. The van der Waals surface area contributed by atoms with Crippen LogP contribution in [-0.4, -0.2) is 42.4 Å². The van der Waals surface area contributed by atoms with E-state index in [9.17, 15) is 18.0 Å². The molecule has 0 fully saturated rings. The second-order valence-electron chi connectivity index (χ2n) is 6.83. The van der Waals surface area contributed by atoms with Gasteiger partial charge in [0.05, 0.1) is 17.8 Å². The van der Waals surface area contributed by atoms with Gasteiger partial charge in [0.1, 0.15) is 6.54 Å². The third kappa shape index (κ3) is 8.27. The van der Waals surface area contributed by atoms with Crippen LogP contribution in [0.3, 0.4) is 0 Å². The van der Waals surface area contributed by atoms with Crippen molar-refractivity contribution in [3.8, 4) is 0 Å². The maximum absolute atomic E-state index is 12.0. The van der Waals surface area contributed by atoms with Crippen LogP contribution in [0.1, 0.15) is 34.1 Å². The Hall–Kier alpha value is -3.10. The van der Waals surface area contributed by atoms with Gasteiger partial charge in [-0.2, -0.15) is 18.3 Å². The number of carbonyl (C=O) groups is 1. The zero-order valence-electron chi connectivity index (χ0n) is 18.5.